The van der Waals surface area contributed by atoms with Crippen molar-refractivity contribution in [3.8, 4) is 0 Å². The van der Waals surface area contributed by atoms with E-state index in [9.17, 15) is 13.2 Å². The van der Waals surface area contributed by atoms with Gasteiger partial charge in [0.05, 0.1) is 30.9 Å². The van der Waals surface area contributed by atoms with Crippen LogP contribution in [0, 0.1) is 0 Å². The van der Waals surface area contributed by atoms with Crippen molar-refractivity contribution in [2.75, 3.05) is 37.7 Å². The predicted octanol–water partition coefficient (Wildman–Crippen LogP) is -0.162. The molecule has 1 aromatic heterocycles. The van der Waals surface area contributed by atoms with E-state index in [1.54, 1.807) is 19.4 Å². The number of nitrogens with zero attached hydrogens (tertiary/aromatic N) is 4. The highest BCUT2D eigenvalue weighted by atomic mass is 32.2. The second-order valence-corrected chi connectivity index (χ2v) is 8.38. The number of aromatic nitrogens is 2. The van der Waals surface area contributed by atoms with Crippen LogP contribution in [-0.2, 0) is 26.0 Å². The summed E-state index contributed by atoms with van der Waals surface area (Å²) < 4.78 is 25.3. The van der Waals surface area contributed by atoms with Crippen molar-refractivity contribution in [2.45, 2.75) is 25.9 Å². The van der Waals surface area contributed by atoms with Crippen LogP contribution in [0.4, 0.5) is 0 Å². The normalized spacial score (nSPS) is 22.3. The SMILES string of the molecule is CCS(=O)(=O)CCN1Cc2cncn2C(C(=O)N2CCCO2)C1. The molecule has 0 N–H and O–H groups in total. The summed E-state index contributed by atoms with van der Waals surface area (Å²) in [7, 11) is -3.02. The molecule has 0 saturated carbocycles. The molecule has 0 aliphatic carbocycles. The molecule has 3 rings (SSSR count). The molecule has 1 fully saturated rings. The van der Waals surface area contributed by atoms with E-state index in [4.69, 9.17) is 4.84 Å². The Labute approximate surface area is 135 Å². The Morgan fingerprint density at radius 3 is 3.00 bits per heavy atom. The van der Waals surface area contributed by atoms with Crippen molar-refractivity contribution < 1.29 is 18.0 Å². The topological polar surface area (TPSA) is 84.7 Å². The average Bonchev–Trinajstić information content (AvgIpc) is 3.22. The van der Waals surface area contributed by atoms with Gasteiger partial charge in [-0.1, -0.05) is 6.92 Å². The van der Waals surface area contributed by atoms with Crippen molar-refractivity contribution in [1.29, 1.82) is 0 Å². The van der Waals surface area contributed by atoms with E-state index in [0.717, 1.165) is 12.1 Å². The zero-order valence-corrected chi connectivity index (χ0v) is 14.0. The lowest BCUT2D eigenvalue weighted by Gasteiger charge is -2.34. The average molecular weight is 342 g/mol. The highest BCUT2D eigenvalue weighted by Gasteiger charge is 2.34. The van der Waals surface area contributed by atoms with Gasteiger partial charge in [-0.25, -0.2) is 18.5 Å². The van der Waals surface area contributed by atoms with Gasteiger partial charge in [0.1, 0.15) is 6.04 Å². The number of fused-ring (bicyclic) bond motifs is 1. The number of rotatable bonds is 5. The van der Waals surface area contributed by atoms with Gasteiger partial charge in [-0.05, 0) is 6.42 Å². The molecule has 0 aromatic carbocycles. The summed E-state index contributed by atoms with van der Waals surface area (Å²) in [5, 5.41) is 1.42. The summed E-state index contributed by atoms with van der Waals surface area (Å²) in [6.07, 6.45) is 4.23. The third kappa shape index (κ3) is 3.56. The number of imidazole rings is 1. The molecule has 3 heterocycles. The van der Waals surface area contributed by atoms with Crippen molar-refractivity contribution in [1.82, 2.24) is 19.5 Å². The molecule has 0 bridgehead atoms. The maximum Gasteiger partial charge on any atom is 0.270 e. The quantitative estimate of drug-likeness (QED) is 0.739. The first-order chi connectivity index (χ1) is 11.0. The van der Waals surface area contributed by atoms with Crippen LogP contribution in [0.25, 0.3) is 0 Å². The van der Waals surface area contributed by atoms with Crippen molar-refractivity contribution in [3.05, 3.63) is 18.2 Å². The maximum atomic E-state index is 12.7. The van der Waals surface area contributed by atoms with Gasteiger partial charge in [-0.15, -0.1) is 0 Å². The van der Waals surface area contributed by atoms with Crippen molar-refractivity contribution in [2.24, 2.45) is 0 Å². The Balaban J connectivity index is 1.73. The smallest absolute Gasteiger partial charge is 0.270 e. The van der Waals surface area contributed by atoms with Crippen molar-refractivity contribution >= 4 is 15.7 Å². The van der Waals surface area contributed by atoms with E-state index in [1.165, 1.54) is 5.06 Å². The fourth-order valence-corrected chi connectivity index (χ4v) is 3.75. The summed E-state index contributed by atoms with van der Waals surface area (Å²) in [5.41, 5.74) is 0.919. The zero-order chi connectivity index (χ0) is 16.4. The molecule has 2 aliphatic rings. The molecule has 23 heavy (non-hydrogen) atoms. The second kappa shape index (κ2) is 6.58. The molecule has 1 unspecified atom stereocenters. The lowest BCUT2D eigenvalue weighted by molar-refractivity contribution is -0.173. The summed E-state index contributed by atoms with van der Waals surface area (Å²) in [5.74, 6) is 0.159. The van der Waals surface area contributed by atoms with Crippen LogP contribution in [0.5, 0.6) is 0 Å². The van der Waals surface area contributed by atoms with E-state index < -0.39 is 15.9 Å². The van der Waals surface area contributed by atoms with E-state index in [2.05, 4.69) is 4.98 Å². The molecule has 1 amide bonds. The molecular formula is C14H22N4O4S. The van der Waals surface area contributed by atoms with Gasteiger partial charge in [0.25, 0.3) is 5.91 Å². The summed E-state index contributed by atoms with van der Waals surface area (Å²) in [6.45, 7) is 4.31. The molecule has 8 nitrogen and oxygen atoms in total. The summed E-state index contributed by atoms with van der Waals surface area (Å²) in [6, 6.07) is -0.413. The van der Waals surface area contributed by atoms with Gasteiger partial charge < -0.3 is 4.57 Å². The van der Waals surface area contributed by atoms with E-state index >= 15 is 0 Å². The van der Waals surface area contributed by atoms with Crippen LogP contribution in [0.3, 0.4) is 0 Å². The first-order valence-corrected chi connectivity index (χ1v) is 9.70. The monoisotopic (exact) mass is 342 g/mol. The van der Waals surface area contributed by atoms with Crippen LogP contribution in [0.15, 0.2) is 12.5 Å². The fourth-order valence-electron chi connectivity index (χ4n) is 2.93. The molecule has 1 aromatic rings. The standard InChI is InChI=1S/C14H22N4O4S/c1-2-23(20,21)7-5-16-9-12-8-15-11-17(12)13(10-16)14(19)18-4-3-6-22-18/h8,11,13H,2-7,9-10H2,1H3. The van der Waals surface area contributed by atoms with Crippen molar-refractivity contribution in [3.63, 3.8) is 0 Å². The number of amides is 1. The molecule has 9 heteroatoms. The second-order valence-electron chi connectivity index (χ2n) is 5.91. The number of hydroxylamine groups is 2. The van der Waals surface area contributed by atoms with Crippen LogP contribution >= 0.6 is 0 Å². The molecule has 0 spiro atoms. The first kappa shape index (κ1) is 16.4. The number of hydrogen-bond donors (Lipinski definition) is 0. The van der Waals surface area contributed by atoms with Gasteiger partial charge in [0.15, 0.2) is 9.84 Å². The minimum absolute atomic E-state index is 0.0928. The lowest BCUT2D eigenvalue weighted by Crippen LogP contribution is -2.46. The third-order valence-corrected chi connectivity index (χ3v) is 6.02. The molecular weight excluding hydrogens is 320 g/mol. The molecule has 128 valence electrons. The number of carbonyl (C=O) groups excluding carboxylic acids is 1. The number of carbonyl (C=O) groups is 1. The van der Waals surface area contributed by atoms with Crippen LogP contribution < -0.4 is 0 Å². The Hall–Kier alpha value is -1.45. The third-order valence-electron chi connectivity index (χ3n) is 4.34. The number of hydrogen-bond acceptors (Lipinski definition) is 6. The molecule has 2 aliphatic heterocycles. The molecule has 0 radical (unpaired) electrons. The van der Waals surface area contributed by atoms with Crippen LogP contribution in [0.2, 0.25) is 0 Å². The van der Waals surface area contributed by atoms with Gasteiger partial charge in [0.2, 0.25) is 0 Å². The minimum atomic E-state index is -3.02. The van der Waals surface area contributed by atoms with E-state index in [1.807, 2.05) is 9.47 Å². The highest BCUT2D eigenvalue weighted by molar-refractivity contribution is 7.91. The van der Waals surface area contributed by atoms with Crippen LogP contribution in [0.1, 0.15) is 25.1 Å². The number of sulfone groups is 1. The summed E-state index contributed by atoms with van der Waals surface area (Å²) in [4.78, 5) is 24.2. The molecule has 1 atom stereocenters. The highest BCUT2D eigenvalue weighted by Crippen LogP contribution is 2.24. The van der Waals surface area contributed by atoms with Gasteiger partial charge in [-0.2, -0.15) is 0 Å². The molecule has 1 saturated heterocycles. The van der Waals surface area contributed by atoms with E-state index in [-0.39, 0.29) is 17.4 Å². The predicted molar refractivity (Wildman–Crippen MR) is 83.2 cm³/mol. The van der Waals surface area contributed by atoms with Crippen LogP contribution in [-0.4, -0.2) is 71.6 Å². The maximum absolute atomic E-state index is 12.7. The zero-order valence-electron chi connectivity index (χ0n) is 13.2. The fraction of sp³-hybridized carbons (Fsp3) is 0.714. The van der Waals surface area contributed by atoms with Gasteiger partial charge >= 0.3 is 0 Å². The summed E-state index contributed by atoms with van der Waals surface area (Å²) >= 11 is 0. The Morgan fingerprint density at radius 2 is 2.30 bits per heavy atom. The van der Waals surface area contributed by atoms with Gasteiger partial charge in [0, 0.05) is 31.6 Å². The minimum Gasteiger partial charge on any atom is -0.319 e. The Bertz CT molecular complexity index is 666. The lowest BCUT2D eigenvalue weighted by atomic mass is 10.1. The van der Waals surface area contributed by atoms with Gasteiger partial charge in [-0.3, -0.25) is 14.5 Å². The Morgan fingerprint density at radius 1 is 1.48 bits per heavy atom. The largest absolute Gasteiger partial charge is 0.319 e. The first-order valence-electron chi connectivity index (χ1n) is 7.88. The van der Waals surface area contributed by atoms with E-state index in [0.29, 0.717) is 32.8 Å². The Kier molecular flexibility index (Phi) is 4.69.